The molecule has 0 radical (unpaired) electrons. The molecule has 0 N–H and O–H groups in total. The standard InChI is InChI=1S/C34H60N2O15/c1-34(2,3)51-33(37)35(4)9-10-40-11-12-41-13-14-42-15-16-43-17-18-44-19-20-45-21-22-46-23-24-47-25-26-48-27-28-49-29-30-50-32-7-5-31(6-8-32)36(38)39/h5-8H,9-30H2,1-4H3. The summed E-state index contributed by atoms with van der Waals surface area (Å²) in [5.41, 5.74) is -0.494. The number of nitro benzene ring substituents is 1. The van der Waals surface area contributed by atoms with Gasteiger partial charge in [-0.15, -0.1) is 0 Å². The predicted molar refractivity (Wildman–Crippen MR) is 186 cm³/mol. The van der Waals surface area contributed by atoms with Crippen LogP contribution in [0.2, 0.25) is 0 Å². The van der Waals surface area contributed by atoms with Crippen LogP contribution >= 0.6 is 0 Å². The predicted octanol–water partition coefficient (Wildman–Crippen LogP) is 3.01. The Hall–Kier alpha value is -2.71. The number of amides is 1. The summed E-state index contributed by atoms with van der Waals surface area (Å²) in [4.78, 5) is 23.5. The van der Waals surface area contributed by atoms with Crippen molar-refractivity contribution >= 4 is 11.8 Å². The first-order valence-corrected chi connectivity index (χ1v) is 17.3. The Balaban J connectivity index is 1.68. The van der Waals surface area contributed by atoms with E-state index in [0.717, 1.165) is 0 Å². The lowest BCUT2D eigenvalue weighted by molar-refractivity contribution is -0.384. The zero-order valence-electron chi connectivity index (χ0n) is 30.9. The van der Waals surface area contributed by atoms with Gasteiger partial charge in [0, 0.05) is 25.7 Å². The molecular weight excluding hydrogens is 676 g/mol. The summed E-state index contributed by atoms with van der Waals surface area (Å²) in [6.45, 7) is 15.4. The Kier molecular flexibility index (Phi) is 29.0. The Morgan fingerprint density at radius 3 is 1.14 bits per heavy atom. The summed E-state index contributed by atoms with van der Waals surface area (Å²) in [7, 11) is 1.68. The average Bonchev–Trinajstić information content (AvgIpc) is 3.09. The van der Waals surface area contributed by atoms with E-state index >= 15 is 0 Å². The molecule has 1 rings (SSSR count). The molecule has 1 aromatic carbocycles. The first-order valence-electron chi connectivity index (χ1n) is 17.3. The van der Waals surface area contributed by atoms with Gasteiger partial charge in [-0.05, 0) is 32.9 Å². The lowest BCUT2D eigenvalue weighted by atomic mass is 10.2. The maximum Gasteiger partial charge on any atom is 0.410 e. The van der Waals surface area contributed by atoms with Crippen molar-refractivity contribution in [3.8, 4) is 5.75 Å². The van der Waals surface area contributed by atoms with Crippen molar-refractivity contribution in [3.63, 3.8) is 0 Å². The van der Waals surface area contributed by atoms with Gasteiger partial charge in [-0.3, -0.25) is 10.1 Å². The highest BCUT2D eigenvalue weighted by Gasteiger charge is 2.19. The number of nitro groups is 1. The molecule has 1 aromatic rings. The third kappa shape index (κ3) is 30.6. The summed E-state index contributed by atoms with van der Waals surface area (Å²) in [5.74, 6) is 0.552. The molecule has 0 aliphatic carbocycles. The number of carbonyl (C=O) groups excluding carboxylic acids is 1. The highest BCUT2D eigenvalue weighted by molar-refractivity contribution is 5.67. The molecule has 0 saturated heterocycles. The van der Waals surface area contributed by atoms with Gasteiger partial charge in [0.15, 0.2) is 0 Å². The van der Waals surface area contributed by atoms with Crippen molar-refractivity contribution in [3.05, 3.63) is 34.4 Å². The summed E-state index contributed by atoms with van der Waals surface area (Å²) < 4.78 is 65.4. The number of benzene rings is 1. The third-order valence-corrected chi connectivity index (χ3v) is 6.17. The number of likely N-dealkylation sites (N-methyl/N-ethyl adjacent to an activating group) is 1. The van der Waals surface area contributed by atoms with Crippen molar-refractivity contribution in [2.45, 2.75) is 26.4 Å². The minimum Gasteiger partial charge on any atom is -0.491 e. The van der Waals surface area contributed by atoms with E-state index in [4.69, 9.17) is 56.8 Å². The monoisotopic (exact) mass is 736 g/mol. The molecule has 296 valence electrons. The molecule has 0 heterocycles. The van der Waals surface area contributed by atoms with Crippen molar-refractivity contribution in [1.82, 2.24) is 4.90 Å². The molecule has 51 heavy (non-hydrogen) atoms. The van der Waals surface area contributed by atoms with Crippen LogP contribution in [0, 0.1) is 10.1 Å². The summed E-state index contributed by atoms with van der Waals surface area (Å²) in [6, 6.07) is 5.90. The van der Waals surface area contributed by atoms with Gasteiger partial charge in [-0.2, -0.15) is 0 Å². The van der Waals surface area contributed by atoms with E-state index in [0.29, 0.717) is 151 Å². The Labute approximate surface area is 302 Å². The highest BCUT2D eigenvalue weighted by Crippen LogP contribution is 2.17. The van der Waals surface area contributed by atoms with Gasteiger partial charge in [0.25, 0.3) is 5.69 Å². The smallest absolute Gasteiger partial charge is 0.410 e. The van der Waals surface area contributed by atoms with Gasteiger partial charge in [-0.1, -0.05) is 0 Å². The zero-order valence-corrected chi connectivity index (χ0v) is 30.9. The van der Waals surface area contributed by atoms with Crippen LogP contribution in [0.1, 0.15) is 20.8 Å². The van der Waals surface area contributed by atoms with Crippen molar-refractivity contribution in [2.24, 2.45) is 0 Å². The van der Waals surface area contributed by atoms with Crippen LogP contribution in [-0.2, 0) is 52.1 Å². The molecule has 0 bridgehead atoms. The van der Waals surface area contributed by atoms with Crippen LogP contribution in [0.4, 0.5) is 10.5 Å². The molecule has 1 amide bonds. The van der Waals surface area contributed by atoms with Crippen LogP contribution in [0.3, 0.4) is 0 Å². The Morgan fingerprint density at radius 2 is 0.843 bits per heavy atom. The fourth-order valence-corrected chi connectivity index (χ4v) is 3.60. The van der Waals surface area contributed by atoms with Crippen molar-refractivity contribution in [2.75, 3.05) is 152 Å². The number of rotatable bonds is 35. The molecule has 0 fully saturated rings. The second-order valence-electron chi connectivity index (χ2n) is 11.6. The van der Waals surface area contributed by atoms with E-state index < -0.39 is 10.5 Å². The number of ether oxygens (including phenoxy) is 12. The molecule has 0 aliphatic heterocycles. The molecular formula is C34H60N2O15. The van der Waals surface area contributed by atoms with E-state index in [9.17, 15) is 14.9 Å². The van der Waals surface area contributed by atoms with Crippen molar-refractivity contribution in [1.29, 1.82) is 0 Å². The van der Waals surface area contributed by atoms with Crippen LogP contribution in [-0.4, -0.2) is 174 Å². The average molecular weight is 737 g/mol. The van der Waals surface area contributed by atoms with Gasteiger partial charge >= 0.3 is 6.09 Å². The Bertz CT molecular complexity index is 966. The van der Waals surface area contributed by atoms with E-state index in [-0.39, 0.29) is 11.8 Å². The SMILES string of the molecule is CN(CCOCCOCCOCCOCCOCCOCCOCCOCCOCCOCCOc1ccc([N+](=O)[O-])cc1)C(=O)OC(C)(C)C. The van der Waals surface area contributed by atoms with Gasteiger partial charge in [0.1, 0.15) is 18.0 Å². The number of carbonyl (C=O) groups is 1. The second-order valence-corrected chi connectivity index (χ2v) is 11.6. The maximum absolute atomic E-state index is 11.9. The molecule has 0 saturated carbocycles. The van der Waals surface area contributed by atoms with Gasteiger partial charge in [0.05, 0.1) is 137 Å². The van der Waals surface area contributed by atoms with Crippen LogP contribution in [0.15, 0.2) is 24.3 Å². The van der Waals surface area contributed by atoms with Crippen molar-refractivity contribution < 1.29 is 66.6 Å². The van der Waals surface area contributed by atoms with E-state index in [1.165, 1.54) is 17.0 Å². The Morgan fingerprint density at radius 1 is 0.549 bits per heavy atom. The van der Waals surface area contributed by atoms with Crippen LogP contribution in [0.25, 0.3) is 0 Å². The third-order valence-electron chi connectivity index (χ3n) is 6.17. The number of nitrogens with zero attached hydrogens (tertiary/aromatic N) is 2. The molecule has 0 unspecified atom stereocenters. The number of hydrogen-bond donors (Lipinski definition) is 0. The largest absolute Gasteiger partial charge is 0.491 e. The minimum absolute atomic E-state index is 0.0220. The summed E-state index contributed by atoms with van der Waals surface area (Å²) in [6.07, 6.45) is -0.371. The molecule has 17 nitrogen and oxygen atoms in total. The van der Waals surface area contributed by atoms with Gasteiger partial charge < -0.3 is 61.7 Å². The summed E-state index contributed by atoms with van der Waals surface area (Å²) in [5, 5.41) is 10.6. The number of non-ortho nitro benzene ring substituents is 1. The first-order chi connectivity index (χ1) is 24.7. The maximum atomic E-state index is 11.9. The molecule has 17 heteroatoms. The second kappa shape index (κ2) is 32.0. The highest BCUT2D eigenvalue weighted by atomic mass is 16.6. The molecule has 0 aromatic heterocycles. The van der Waals surface area contributed by atoms with E-state index in [1.54, 1.807) is 19.2 Å². The lowest BCUT2D eigenvalue weighted by Crippen LogP contribution is -2.36. The molecule has 0 atom stereocenters. The minimum atomic E-state index is -0.516. The van der Waals surface area contributed by atoms with Crippen LogP contribution < -0.4 is 4.74 Å². The molecule has 0 spiro atoms. The topological polar surface area (TPSA) is 174 Å². The van der Waals surface area contributed by atoms with E-state index in [1.807, 2.05) is 20.8 Å². The quantitative estimate of drug-likeness (QED) is 0.0565. The summed E-state index contributed by atoms with van der Waals surface area (Å²) >= 11 is 0. The van der Waals surface area contributed by atoms with Gasteiger partial charge in [-0.25, -0.2) is 4.79 Å². The van der Waals surface area contributed by atoms with Crippen LogP contribution in [0.5, 0.6) is 5.75 Å². The lowest BCUT2D eigenvalue weighted by Gasteiger charge is -2.24. The van der Waals surface area contributed by atoms with Gasteiger partial charge in [0.2, 0.25) is 0 Å². The zero-order chi connectivity index (χ0) is 37.3. The molecule has 0 aliphatic rings. The first kappa shape index (κ1) is 46.3. The fraction of sp³-hybridized carbons (Fsp3) is 0.794. The fourth-order valence-electron chi connectivity index (χ4n) is 3.60. The van der Waals surface area contributed by atoms with E-state index in [2.05, 4.69) is 0 Å². The normalized spacial score (nSPS) is 11.5. The number of hydrogen-bond acceptors (Lipinski definition) is 15.